The standard InChI is InChI=1S/C27H43NO3/c1-2-3-4-5-6-7-8-9-10-11-12-13-14-15-19-22-26(29)28-25(27(30)31)23-24-20-17-16-18-21-24/h12-13,16-18,20-21,25H,2-11,14-15,19,22-23H2,1H3,(H,28,29)(H,30,31)/b13-12-. The number of amides is 1. The van der Waals surface area contributed by atoms with E-state index in [1.165, 1.54) is 57.8 Å². The Bertz CT molecular complexity index is 612. The average Bonchev–Trinajstić information content (AvgIpc) is 2.76. The number of benzene rings is 1. The Morgan fingerprint density at radius 3 is 1.97 bits per heavy atom. The van der Waals surface area contributed by atoms with Crippen molar-refractivity contribution in [3.63, 3.8) is 0 Å². The van der Waals surface area contributed by atoms with E-state index in [1.54, 1.807) is 0 Å². The van der Waals surface area contributed by atoms with Crippen molar-refractivity contribution in [1.82, 2.24) is 5.32 Å². The number of rotatable bonds is 19. The Hall–Kier alpha value is -2.10. The zero-order chi connectivity index (χ0) is 22.6. The molecule has 1 aromatic carbocycles. The van der Waals surface area contributed by atoms with E-state index < -0.39 is 12.0 Å². The molecule has 0 spiro atoms. The highest BCUT2D eigenvalue weighted by Gasteiger charge is 2.19. The lowest BCUT2D eigenvalue weighted by Gasteiger charge is -2.14. The summed E-state index contributed by atoms with van der Waals surface area (Å²) in [4.78, 5) is 23.5. The lowest BCUT2D eigenvalue weighted by atomic mass is 10.1. The van der Waals surface area contributed by atoms with Gasteiger partial charge in [0.05, 0.1) is 0 Å². The number of carboxylic acid groups (broad SMARTS) is 1. The van der Waals surface area contributed by atoms with E-state index in [2.05, 4.69) is 24.4 Å². The van der Waals surface area contributed by atoms with Crippen molar-refractivity contribution in [2.24, 2.45) is 0 Å². The first-order valence-electron chi connectivity index (χ1n) is 12.3. The van der Waals surface area contributed by atoms with Gasteiger partial charge in [-0.3, -0.25) is 4.79 Å². The molecule has 4 nitrogen and oxygen atoms in total. The molecule has 0 aromatic heterocycles. The minimum Gasteiger partial charge on any atom is -0.480 e. The molecule has 1 aromatic rings. The molecule has 0 bridgehead atoms. The lowest BCUT2D eigenvalue weighted by Crippen LogP contribution is -2.42. The fraction of sp³-hybridized carbons (Fsp3) is 0.630. The van der Waals surface area contributed by atoms with Gasteiger partial charge in [-0.1, -0.05) is 101 Å². The maximum Gasteiger partial charge on any atom is 0.326 e. The van der Waals surface area contributed by atoms with Crippen LogP contribution in [0.2, 0.25) is 0 Å². The Morgan fingerprint density at radius 1 is 0.839 bits per heavy atom. The van der Waals surface area contributed by atoms with Gasteiger partial charge in [-0.05, 0) is 37.7 Å². The Morgan fingerprint density at radius 2 is 1.39 bits per heavy atom. The number of hydrogen-bond acceptors (Lipinski definition) is 2. The third-order valence-electron chi connectivity index (χ3n) is 5.58. The minimum absolute atomic E-state index is 0.179. The van der Waals surface area contributed by atoms with Crippen molar-refractivity contribution < 1.29 is 14.7 Å². The molecule has 0 heterocycles. The highest BCUT2D eigenvalue weighted by atomic mass is 16.4. The largest absolute Gasteiger partial charge is 0.480 e. The van der Waals surface area contributed by atoms with Crippen LogP contribution in [0.25, 0.3) is 0 Å². The number of nitrogens with one attached hydrogen (secondary N) is 1. The summed E-state index contributed by atoms with van der Waals surface area (Å²) in [5, 5.41) is 12.0. The van der Waals surface area contributed by atoms with Crippen LogP contribution >= 0.6 is 0 Å². The summed E-state index contributed by atoms with van der Waals surface area (Å²) in [6.07, 6.45) is 21.3. The predicted octanol–water partition coefficient (Wildman–Crippen LogP) is 6.84. The van der Waals surface area contributed by atoms with E-state index in [9.17, 15) is 14.7 Å². The van der Waals surface area contributed by atoms with Crippen LogP contribution in [0.15, 0.2) is 42.5 Å². The van der Waals surface area contributed by atoms with Crippen molar-refractivity contribution in [2.45, 2.75) is 109 Å². The fourth-order valence-corrected chi connectivity index (χ4v) is 3.67. The second-order valence-corrected chi connectivity index (χ2v) is 8.48. The van der Waals surface area contributed by atoms with Gasteiger partial charge >= 0.3 is 5.97 Å². The van der Waals surface area contributed by atoms with Gasteiger partial charge < -0.3 is 10.4 Å². The summed E-state index contributed by atoms with van der Waals surface area (Å²) in [6.45, 7) is 2.26. The van der Waals surface area contributed by atoms with Gasteiger partial charge in [0.1, 0.15) is 6.04 Å². The number of unbranched alkanes of at least 4 members (excludes halogenated alkanes) is 11. The smallest absolute Gasteiger partial charge is 0.326 e. The zero-order valence-electron chi connectivity index (χ0n) is 19.5. The molecule has 1 atom stereocenters. The van der Waals surface area contributed by atoms with Crippen LogP contribution in [0.3, 0.4) is 0 Å². The summed E-state index contributed by atoms with van der Waals surface area (Å²) >= 11 is 0. The fourth-order valence-electron chi connectivity index (χ4n) is 3.67. The summed E-state index contributed by atoms with van der Waals surface area (Å²) in [5.74, 6) is -1.17. The van der Waals surface area contributed by atoms with Crippen molar-refractivity contribution in [3.05, 3.63) is 48.0 Å². The van der Waals surface area contributed by atoms with E-state index in [0.29, 0.717) is 12.8 Å². The monoisotopic (exact) mass is 429 g/mol. The van der Waals surface area contributed by atoms with E-state index >= 15 is 0 Å². The van der Waals surface area contributed by atoms with Crippen molar-refractivity contribution in [3.8, 4) is 0 Å². The Labute approximate surface area is 189 Å². The zero-order valence-corrected chi connectivity index (χ0v) is 19.5. The molecular formula is C27H43NO3. The van der Waals surface area contributed by atoms with Gasteiger partial charge in [-0.25, -0.2) is 4.79 Å². The first kappa shape index (κ1) is 26.9. The SMILES string of the molecule is CCCCCCCCCCC/C=C\CCCCC(=O)NC(Cc1ccccc1)C(=O)O. The Kier molecular flexibility index (Phi) is 16.2. The van der Waals surface area contributed by atoms with Gasteiger partial charge in [0.15, 0.2) is 0 Å². The third kappa shape index (κ3) is 15.4. The van der Waals surface area contributed by atoms with Crippen LogP contribution in [0, 0.1) is 0 Å². The number of aliphatic carboxylic acids is 1. The molecule has 1 rings (SSSR count). The van der Waals surface area contributed by atoms with Gasteiger partial charge in [0.2, 0.25) is 5.91 Å². The molecule has 0 aliphatic heterocycles. The van der Waals surface area contributed by atoms with E-state index in [0.717, 1.165) is 31.2 Å². The molecule has 0 aliphatic carbocycles. The summed E-state index contributed by atoms with van der Waals surface area (Å²) in [5.41, 5.74) is 0.910. The Balaban J connectivity index is 2.01. The van der Waals surface area contributed by atoms with Crippen LogP contribution in [-0.2, 0) is 16.0 Å². The van der Waals surface area contributed by atoms with Crippen molar-refractivity contribution in [2.75, 3.05) is 0 Å². The molecule has 0 radical (unpaired) electrons. The number of hydrogen-bond donors (Lipinski definition) is 2. The molecule has 0 saturated carbocycles. The van der Waals surface area contributed by atoms with Gasteiger partial charge in [-0.2, -0.15) is 0 Å². The van der Waals surface area contributed by atoms with Crippen molar-refractivity contribution in [1.29, 1.82) is 0 Å². The maximum atomic E-state index is 12.1. The predicted molar refractivity (Wildman–Crippen MR) is 129 cm³/mol. The minimum atomic E-state index is -0.989. The van der Waals surface area contributed by atoms with Crippen LogP contribution in [-0.4, -0.2) is 23.0 Å². The highest BCUT2D eigenvalue weighted by Crippen LogP contribution is 2.11. The molecule has 1 unspecified atom stereocenters. The van der Waals surface area contributed by atoms with Crippen LogP contribution < -0.4 is 5.32 Å². The lowest BCUT2D eigenvalue weighted by molar-refractivity contribution is -0.141. The van der Waals surface area contributed by atoms with E-state index in [4.69, 9.17) is 0 Å². The highest BCUT2D eigenvalue weighted by molar-refractivity contribution is 5.83. The number of carboxylic acids is 1. The first-order valence-corrected chi connectivity index (χ1v) is 12.3. The molecule has 31 heavy (non-hydrogen) atoms. The van der Waals surface area contributed by atoms with Gasteiger partial charge in [0, 0.05) is 12.8 Å². The normalized spacial score (nSPS) is 12.2. The van der Waals surface area contributed by atoms with Gasteiger partial charge in [0.25, 0.3) is 0 Å². The number of allylic oxidation sites excluding steroid dienone is 2. The molecule has 2 N–H and O–H groups in total. The van der Waals surface area contributed by atoms with Crippen LogP contribution in [0.5, 0.6) is 0 Å². The molecule has 0 aliphatic rings. The third-order valence-corrected chi connectivity index (χ3v) is 5.58. The first-order chi connectivity index (χ1) is 15.1. The quantitative estimate of drug-likeness (QED) is 0.187. The molecular weight excluding hydrogens is 386 g/mol. The molecule has 0 fully saturated rings. The maximum absolute atomic E-state index is 12.1. The molecule has 0 saturated heterocycles. The van der Waals surface area contributed by atoms with E-state index in [-0.39, 0.29) is 5.91 Å². The summed E-state index contributed by atoms with van der Waals surface area (Å²) < 4.78 is 0. The van der Waals surface area contributed by atoms with E-state index in [1.807, 2.05) is 30.3 Å². The molecule has 4 heteroatoms. The molecule has 174 valence electrons. The average molecular weight is 430 g/mol. The van der Waals surface area contributed by atoms with Gasteiger partial charge in [-0.15, -0.1) is 0 Å². The van der Waals surface area contributed by atoms with Crippen LogP contribution in [0.4, 0.5) is 0 Å². The number of carbonyl (C=O) groups is 2. The van der Waals surface area contributed by atoms with Crippen molar-refractivity contribution >= 4 is 11.9 Å². The van der Waals surface area contributed by atoms with Crippen LogP contribution in [0.1, 0.15) is 102 Å². The molecule has 1 amide bonds. The summed E-state index contributed by atoms with van der Waals surface area (Å²) in [6, 6.07) is 8.53. The second-order valence-electron chi connectivity index (χ2n) is 8.48. The second kappa shape index (κ2) is 18.7. The number of carbonyl (C=O) groups excluding carboxylic acids is 1. The topological polar surface area (TPSA) is 66.4 Å². The summed E-state index contributed by atoms with van der Waals surface area (Å²) in [7, 11) is 0.